The third kappa shape index (κ3) is 4.59. The van der Waals surface area contributed by atoms with Crippen molar-refractivity contribution in [3.63, 3.8) is 0 Å². The highest BCUT2D eigenvalue weighted by Gasteiger charge is 2.28. The Balaban J connectivity index is 1.39. The van der Waals surface area contributed by atoms with Crippen LogP contribution in [0.25, 0.3) is 0 Å². The zero-order valence-corrected chi connectivity index (χ0v) is 16.7. The number of urea groups is 1. The molecule has 0 saturated carbocycles. The predicted octanol–water partition coefficient (Wildman–Crippen LogP) is 4.22. The second-order valence-electron chi connectivity index (χ2n) is 7.25. The van der Waals surface area contributed by atoms with E-state index in [2.05, 4.69) is 15.5 Å². The molecule has 0 spiro atoms. The summed E-state index contributed by atoms with van der Waals surface area (Å²) in [5.74, 6) is 1.33. The normalized spacial score (nSPS) is 16.3. The number of nitrogens with one attached hydrogen (secondary N) is 1. The van der Waals surface area contributed by atoms with E-state index in [0.717, 1.165) is 18.4 Å². The number of benzene rings is 2. The number of likely N-dealkylation sites (tertiary alicyclic amines) is 1. The molecule has 2 amide bonds. The summed E-state index contributed by atoms with van der Waals surface area (Å²) in [6.45, 7) is 1.16. The lowest BCUT2D eigenvalue weighted by molar-refractivity contribution is 0.186. The summed E-state index contributed by atoms with van der Waals surface area (Å²) < 4.78 is 24.2. The van der Waals surface area contributed by atoms with E-state index in [1.165, 1.54) is 12.1 Å². The van der Waals surface area contributed by atoms with Gasteiger partial charge in [0.25, 0.3) is 0 Å². The number of ether oxygens (including phenoxy) is 1. The van der Waals surface area contributed by atoms with Crippen molar-refractivity contribution in [1.82, 2.24) is 15.1 Å². The van der Waals surface area contributed by atoms with E-state index < -0.39 is 0 Å². The molecular formula is C22H23FN4O3. The lowest BCUT2D eigenvalue weighted by Crippen LogP contribution is -2.41. The van der Waals surface area contributed by atoms with Gasteiger partial charge in [-0.1, -0.05) is 24.3 Å². The predicted molar refractivity (Wildman–Crippen MR) is 109 cm³/mol. The molecule has 156 valence electrons. The van der Waals surface area contributed by atoms with E-state index in [4.69, 9.17) is 9.15 Å². The summed E-state index contributed by atoms with van der Waals surface area (Å²) in [4.78, 5) is 14.5. The van der Waals surface area contributed by atoms with Gasteiger partial charge in [0.15, 0.2) is 0 Å². The van der Waals surface area contributed by atoms with E-state index >= 15 is 0 Å². The molecule has 7 nitrogen and oxygen atoms in total. The molecule has 1 atom stereocenters. The van der Waals surface area contributed by atoms with Crippen molar-refractivity contribution in [1.29, 1.82) is 0 Å². The first-order valence-corrected chi connectivity index (χ1v) is 9.88. The van der Waals surface area contributed by atoms with Gasteiger partial charge in [-0.15, -0.1) is 10.2 Å². The van der Waals surface area contributed by atoms with Gasteiger partial charge in [-0.25, -0.2) is 9.18 Å². The van der Waals surface area contributed by atoms with Crippen LogP contribution in [0.5, 0.6) is 5.75 Å². The van der Waals surface area contributed by atoms with Crippen LogP contribution in [0, 0.1) is 5.82 Å². The third-order valence-electron chi connectivity index (χ3n) is 5.16. The molecule has 1 saturated heterocycles. The summed E-state index contributed by atoms with van der Waals surface area (Å²) >= 11 is 0. The van der Waals surface area contributed by atoms with Crippen molar-refractivity contribution in [3.8, 4) is 5.75 Å². The van der Waals surface area contributed by atoms with E-state index in [0.29, 0.717) is 42.7 Å². The van der Waals surface area contributed by atoms with Gasteiger partial charge in [0.05, 0.1) is 25.1 Å². The Labute approximate surface area is 173 Å². The van der Waals surface area contributed by atoms with Crippen LogP contribution in [0.1, 0.15) is 36.1 Å². The van der Waals surface area contributed by atoms with Crippen LogP contribution in [0.2, 0.25) is 0 Å². The number of methoxy groups -OCH3 is 1. The molecule has 1 unspecified atom stereocenters. The van der Waals surface area contributed by atoms with Crippen LogP contribution in [0.3, 0.4) is 0 Å². The first-order valence-electron chi connectivity index (χ1n) is 9.88. The number of carbonyl (C=O) groups is 1. The van der Waals surface area contributed by atoms with Crippen molar-refractivity contribution in [2.75, 3.05) is 25.5 Å². The fourth-order valence-electron chi connectivity index (χ4n) is 3.59. The Bertz CT molecular complexity index is 1010. The topological polar surface area (TPSA) is 80.5 Å². The Kier molecular flexibility index (Phi) is 5.92. The van der Waals surface area contributed by atoms with Gasteiger partial charge < -0.3 is 19.4 Å². The molecule has 4 rings (SSSR count). The Morgan fingerprint density at radius 3 is 2.83 bits per heavy atom. The molecule has 1 aliphatic rings. The lowest BCUT2D eigenvalue weighted by Gasteiger charge is -2.31. The molecule has 0 bridgehead atoms. The zero-order chi connectivity index (χ0) is 20.9. The van der Waals surface area contributed by atoms with Crippen LogP contribution in [-0.4, -0.2) is 41.3 Å². The van der Waals surface area contributed by atoms with Crippen molar-refractivity contribution in [3.05, 3.63) is 71.7 Å². The van der Waals surface area contributed by atoms with E-state index in [1.54, 1.807) is 36.3 Å². The number of anilines is 1. The summed E-state index contributed by atoms with van der Waals surface area (Å²) in [5.41, 5.74) is 1.53. The fourth-order valence-corrected chi connectivity index (χ4v) is 3.59. The second-order valence-corrected chi connectivity index (χ2v) is 7.25. The highest BCUT2D eigenvalue weighted by molar-refractivity contribution is 5.91. The van der Waals surface area contributed by atoms with Crippen molar-refractivity contribution < 1.29 is 18.3 Å². The summed E-state index contributed by atoms with van der Waals surface area (Å²) in [6, 6.07) is 13.3. The lowest BCUT2D eigenvalue weighted by atomic mass is 9.98. The maximum Gasteiger partial charge on any atom is 0.321 e. The number of rotatable bonds is 5. The fraction of sp³-hybridized carbons (Fsp3) is 0.318. The smallest absolute Gasteiger partial charge is 0.321 e. The number of amides is 2. The molecular weight excluding hydrogens is 387 g/mol. The van der Waals surface area contributed by atoms with Crippen LogP contribution in [0.15, 0.2) is 52.9 Å². The molecule has 0 radical (unpaired) electrons. The largest absolute Gasteiger partial charge is 0.495 e. The van der Waals surface area contributed by atoms with Crippen molar-refractivity contribution >= 4 is 11.7 Å². The first kappa shape index (κ1) is 19.9. The van der Waals surface area contributed by atoms with Gasteiger partial charge >= 0.3 is 6.03 Å². The molecule has 1 aliphatic heterocycles. The van der Waals surface area contributed by atoms with Crippen LogP contribution in [-0.2, 0) is 6.42 Å². The van der Waals surface area contributed by atoms with E-state index in [-0.39, 0.29) is 17.8 Å². The van der Waals surface area contributed by atoms with Gasteiger partial charge in [-0.2, -0.15) is 0 Å². The second kappa shape index (κ2) is 8.94. The van der Waals surface area contributed by atoms with Crippen LogP contribution < -0.4 is 10.1 Å². The average Bonchev–Trinajstić information content (AvgIpc) is 3.24. The first-order chi connectivity index (χ1) is 14.6. The number of hydrogen-bond acceptors (Lipinski definition) is 5. The minimum atomic E-state index is -0.279. The van der Waals surface area contributed by atoms with Gasteiger partial charge in [-0.3, -0.25) is 0 Å². The number of aromatic nitrogens is 2. The summed E-state index contributed by atoms with van der Waals surface area (Å²) in [7, 11) is 1.57. The monoisotopic (exact) mass is 410 g/mol. The Morgan fingerprint density at radius 2 is 2.03 bits per heavy atom. The third-order valence-corrected chi connectivity index (χ3v) is 5.16. The molecule has 2 heterocycles. The molecule has 2 aromatic carbocycles. The van der Waals surface area contributed by atoms with Gasteiger partial charge in [-0.05, 0) is 42.7 Å². The maximum absolute atomic E-state index is 13.1. The molecule has 3 aromatic rings. The number of carbonyl (C=O) groups excluding carboxylic acids is 1. The van der Waals surface area contributed by atoms with E-state index in [1.807, 2.05) is 12.1 Å². The SMILES string of the molecule is COc1ccccc1NC(=O)N1CCCC(c2nnc(Cc3ccc(F)cc3)o2)C1. The molecule has 8 heteroatoms. The minimum Gasteiger partial charge on any atom is -0.495 e. The standard InChI is InChI=1S/C22H23FN4O3/c1-29-19-7-3-2-6-18(19)24-22(28)27-12-4-5-16(14-27)21-26-25-20(30-21)13-15-8-10-17(23)11-9-15/h2-3,6-11,16H,4-5,12-14H2,1H3,(H,24,28). The molecule has 1 N–H and O–H groups in total. The summed E-state index contributed by atoms with van der Waals surface area (Å²) in [6.07, 6.45) is 2.16. The highest BCUT2D eigenvalue weighted by atomic mass is 19.1. The van der Waals surface area contributed by atoms with Gasteiger partial charge in [0.2, 0.25) is 11.8 Å². The van der Waals surface area contributed by atoms with Crippen LogP contribution in [0.4, 0.5) is 14.9 Å². The number of piperidine rings is 1. The number of halogens is 1. The zero-order valence-electron chi connectivity index (χ0n) is 16.7. The Hall–Kier alpha value is -3.42. The quantitative estimate of drug-likeness (QED) is 0.681. The van der Waals surface area contributed by atoms with Crippen LogP contribution >= 0.6 is 0 Å². The van der Waals surface area contributed by atoms with E-state index in [9.17, 15) is 9.18 Å². The number of hydrogen-bond donors (Lipinski definition) is 1. The molecule has 0 aliphatic carbocycles. The van der Waals surface area contributed by atoms with Crippen molar-refractivity contribution in [2.24, 2.45) is 0 Å². The van der Waals surface area contributed by atoms with Crippen molar-refractivity contribution in [2.45, 2.75) is 25.2 Å². The maximum atomic E-state index is 13.1. The number of nitrogens with zero attached hydrogens (tertiary/aromatic N) is 3. The van der Waals surface area contributed by atoms with Gasteiger partial charge in [0, 0.05) is 13.1 Å². The molecule has 1 aromatic heterocycles. The Morgan fingerprint density at radius 1 is 1.23 bits per heavy atom. The highest BCUT2D eigenvalue weighted by Crippen LogP contribution is 2.28. The number of para-hydroxylation sites is 2. The average molecular weight is 410 g/mol. The van der Waals surface area contributed by atoms with Gasteiger partial charge in [0.1, 0.15) is 11.6 Å². The summed E-state index contributed by atoms with van der Waals surface area (Å²) in [5, 5.41) is 11.2. The molecule has 30 heavy (non-hydrogen) atoms. The minimum absolute atomic E-state index is 0.0170. The molecule has 1 fully saturated rings.